The summed E-state index contributed by atoms with van der Waals surface area (Å²) < 4.78 is 29.0. The molecule has 0 aliphatic carbocycles. The van der Waals surface area contributed by atoms with Gasteiger partial charge in [0, 0.05) is 12.6 Å². The summed E-state index contributed by atoms with van der Waals surface area (Å²) >= 11 is 0. The first-order chi connectivity index (χ1) is 9.52. The summed E-state index contributed by atoms with van der Waals surface area (Å²) in [6.45, 7) is 1.65. The Bertz CT molecular complexity index is 438. The lowest BCUT2D eigenvalue weighted by Gasteiger charge is -2.12. The molecule has 6 heteroatoms. The summed E-state index contributed by atoms with van der Waals surface area (Å²) in [5.74, 6) is 0.553. The Labute approximate surface area is 118 Å². The van der Waals surface area contributed by atoms with Crippen molar-refractivity contribution >= 4 is 5.96 Å². The first-order valence-electron chi connectivity index (χ1n) is 6.62. The quantitative estimate of drug-likeness (QED) is 0.598. The third-order valence-electron chi connectivity index (χ3n) is 2.86. The van der Waals surface area contributed by atoms with E-state index in [1.165, 1.54) is 6.07 Å². The van der Waals surface area contributed by atoms with E-state index in [-0.39, 0.29) is 11.8 Å². The lowest BCUT2D eigenvalue weighted by molar-refractivity contribution is -0.0504. The SMILES string of the molecule is CCC(C)NC(N)=NCCc1ccccc1OC(F)F. The molecular weight excluding hydrogens is 264 g/mol. The van der Waals surface area contributed by atoms with Crippen LogP contribution in [-0.4, -0.2) is 25.2 Å². The van der Waals surface area contributed by atoms with Crippen molar-refractivity contribution in [2.75, 3.05) is 6.54 Å². The normalized spacial score (nSPS) is 13.3. The van der Waals surface area contributed by atoms with Gasteiger partial charge in [-0.1, -0.05) is 25.1 Å². The van der Waals surface area contributed by atoms with Gasteiger partial charge >= 0.3 is 6.61 Å². The Balaban J connectivity index is 2.55. The van der Waals surface area contributed by atoms with E-state index in [2.05, 4.69) is 15.0 Å². The highest BCUT2D eigenvalue weighted by molar-refractivity contribution is 5.78. The third-order valence-corrected chi connectivity index (χ3v) is 2.86. The number of rotatable bonds is 7. The number of nitrogens with zero attached hydrogens (tertiary/aromatic N) is 1. The molecule has 1 aromatic rings. The molecule has 0 amide bonds. The van der Waals surface area contributed by atoms with Crippen LogP contribution in [0.3, 0.4) is 0 Å². The van der Waals surface area contributed by atoms with Gasteiger partial charge in [0.05, 0.1) is 0 Å². The number of hydrogen-bond acceptors (Lipinski definition) is 2. The van der Waals surface area contributed by atoms with Gasteiger partial charge in [-0.25, -0.2) is 0 Å². The van der Waals surface area contributed by atoms with E-state index >= 15 is 0 Å². The van der Waals surface area contributed by atoms with Gasteiger partial charge in [-0.2, -0.15) is 8.78 Å². The van der Waals surface area contributed by atoms with Crippen LogP contribution in [0.4, 0.5) is 8.78 Å². The molecule has 4 nitrogen and oxygen atoms in total. The number of nitrogens with one attached hydrogen (secondary N) is 1. The molecule has 0 aliphatic heterocycles. The fraction of sp³-hybridized carbons (Fsp3) is 0.500. The van der Waals surface area contributed by atoms with E-state index < -0.39 is 6.61 Å². The number of guanidine groups is 1. The summed E-state index contributed by atoms with van der Waals surface area (Å²) in [5, 5.41) is 3.04. The van der Waals surface area contributed by atoms with Crippen LogP contribution in [0.25, 0.3) is 0 Å². The van der Waals surface area contributed by atoms with E-state index in [9.17, 15) is 8.78 Å². The van der Waals surface area contributed by atoms with Crippen LogP contribution in [0.15, 0.2) is 29.3 Å². The molecule has 3 N–H and O–H groups in total. The number of benzene rings is 1. The van der Waals surface area contributed by atoms with Gasteiger partial charge in [0.2, 0.25) is 0 Å². The topological polar surface area (TPSA) is 59.6 Å². The van der Waals surface area contributed by atoms with E-state index in [0.29, 0.717) is 24.5 Å². The zero-order chi connectivity index (χ0) is 15.0. The molecule has 1 rings (SSSR count). The summed E-state index contributed by atoms with van der Waals surface area (Å²) in [6.07, 6.45) is 1.44. The molecule has 0 aromatic heterocycles. The number of hydrogen-bond donors (Lipinski definition) is 2. The molecular formula is C14H21F2N3O. The minimum atomic E-state index is -2.82. The minimum absolute atomic E-state index is 0.186. The smallest absolute Gasteiger partial charge is 0.387 e. The summed E-state index contributed by atoms with van der Waals surface area (Å²) in [6, 6.07) is 6.95. The molecule has 0 saturated carbocycles. The van der Waals surface area contributed by atoms with Gasteiger partial charge in [-0.3, -0.25) is 4.99 Å². The molecule has 0 radical (unpaired) electrons. The predicted octanol–water partition coefficient (Wildman–Crippen LogP) is 2.53. The van der Waals surface area contributed by atoms with Crippen LogP contribution < -0.4 is 15.8 Å². The highest BCUT2D eigenvalue weighted by Crippen LogP contribution is 2.20. The second-order valence-electron chi connectivity index (χ2n) is 4.46. The molecule has 0 saturated heterocycles. The Morgan fingerprint density at radius 1 is 1.40 bits per heavy atom. The van der Waals surface area contributed by atoms with Crippen LogP contribution in [-0.2, 0) is 6.42 Å². The zero-order valence-corrected chi connectivity index (χ0v) is 11.8. The van der Waals surface area contributed by atoms with Crippen molar-refractivity contribution in [1.82, 2.24) is 5.32 Å². The molecule has 0 fully saturated rings. The standard InChI is InChI=1S/C14H21F2N3O/c1-3-10(2)19-14(17)18-9-8-11-6-4-5-7-12(11)20-13(15)16/h4-7,10,13H,3,8-9H2,1-2H3,(H3,17,18,19). The lowest BCUT2D eigenvalue weighted by Crippen LogP contribution is -2.38. The maximum Gasteiger partial charge on any atom is 0.387 e. The second kappa shape index (κ2) is 8.35. The monoisotopic (exact) mass is 285 g/mol. The van der Waals surface area contributed by atoms with Crippen molar-refractivity contribution in [2.24, 2.45) is 10.7 Å². The van der Waals surface area contributed by atoms with Crippen molar-refractivity contribution in [3.05, 3.63) is 29.8 Å². The molecule has 0 bridgehead atoms. The van der Waals surface area contributed by atoms with Crippen LogP contribution in [0, 0.1) is 0 Å². The molecule has 112 valence electrons. The van der Waals surface area contributed by atoms with E-state index in [1.807, 2.05) is 13.8 Å². The Morgan fingerprint density at radius 3 is 2.75 bits per heavy atom. The van der Waals surface area contributed by atoms with Crippen molar-refractivity contribution in [1.29, 1.82) is 0 Å². The Hall–Kier alpha value is -1.85. The Morgan fingerprint density at radius 2 is 2.10 bits per heavy atom. The van der Waals surface area contributed by atoms with E-state index in [0.717, 1.165) is 6.42 Å². The molecule has 1 aromatic carbocycles. The van der Waals surface area contributed by atoms with Gasteiger partial charge in [0.1, 0.15) is 5.75 Å². The molecule has 20 heavy (non-hydrogen) atoms. The van der Waals surface area contributed by atoms with Crippen molar-refractivity contribution in [3.63, 3.8) is 0 Å². The zero-order valence-electron chi connectivity index (χ0n) is 11.8. The number of nitrogens with two attached hydrogens (primary N) is 1. The van der Waals surface area contributed by atoms with Crippen molar-refractivity contribution in [3.8, 4) is 5.75 Å². The first kappa shape index (κ1) is 16.2. The summed E-state index contributed by atoms with van der Waals surface area (Å²) in [7, 11) is 0. The first-order valence-corrected chi connectivity index (χ1v) is 6.62. The lowest BCUT2D eigenvalue weighted by atomic mass is 10.1. The highest BCUT2D eigenvalue weighted by Gasteiger charge is 2.08. The number of para-hydroxylation sites is 1. The fourth-order valence-electron chi connectivity index (χ4n) is 1.62. The number of aliphatic imine (C=N–C) groups is 1. The molecule has 0 spiro atoms. The molecule has 0 heterocycles. The van der Waals surface area contributed by atoms with Gasteiger partial charge in [-0.05, 0) is 31.4 Å². The van der Waals surface area contributed by atoms with E-state index in [1.54, 1.807) is 18.2 Å². The highest BCUT2D eigenvalue weighted by atomic mass is 19.3. The molecule has 0 aliphatic rings. The number of ether oxygens (including phenoxy) is 1. The Kier molecular flexibility index (Phi) is 6.76. The van der Waals surface area contributed by atoms with Crippen molar-refractivity contribution in [2.45, 2.75) is 39.3 Å². The van der Waals surface area contributed by atoms with Crippen LogP contribution >= 0.6 is 0 Å². The van der Waals surface area contributed by atoms with Crippen LogP contribution in [0.1, 0.15) is 25.8 Å². The van der Waals surface area contributed by atoms with Crippen LogP contribution in [0.5, 0.6) is 5.75 Å². The molecule has 1 unspecified atom stereocenters. The largest absolute Gasteiger partial charge is 0.435 e. The molecule has 1 atom stereocenters. The second-order valence-corrected chi connectivity index (χ2v) is 4.46. The summed E-state index contributed by atoms with van der Waals surface area (Å²) in [5.41, 5.74) is 6.41. The van der Waals surface area contributed by atoms with Crippen molar-refractivity contribution < 1.29 is 13.5 Å². The maximum atomic E-state index is 12.3. The van der Waals surface area contributed by atoms with Gasteiger partial charge in [0.25, 0.3) is 0 Å². The van der Waals surface area contributed by atoms with Gasteiger partial charge < -0.3 is 15.8 Å². The van der Waals surface area contributed by atoms with E-state index in [4.69, 9.17) is 5.73 Å². The minimum Gasteiger partial charge on any atom is -0.435 e. The third kappa shape index (κ3) is 5.86. The van der Waals surface area contributed by atoms with Gasteiger partial charge in [0.15, 0.2) is 5.96 Å². The number of alkyl halides is 2. The van der Waals surface area contributed by atoms with Gasteiger partial charge in [-0.15, -0.1) is 0 Å². The predicted molar refractivity (Wildman–Crippen MR) is 76.2 cm³/mol. The average molecular weight is 285 g/mol. The average Bonchev–Trinajstić information content (AvgIpc) is 2.40. The fourth-order valence-corrected chi connectivity index (χ4v) is 1.62. The van der Waals surface area contributed by atoms with Crippen LogP contribution in [0.2, 0.25) is 0 Å². The number of halogens is 2. The summed E-state index contributed by atoms with van der Waals surface area (Å²) in [4.78, 5) is 4.17. The maximum absolute atomic E-state index is 12.3.